The van der Waals surface area contributed by atoms with Crippen molar-refractivity contribution in [2.45, 2.75) is 25.9 Å². The minimum atomic E-state index is -0.405. The van der Waals surface area contributed by atoms with Crippen LogP contribution in [-0.4, -0.2) is 36.4 Å². The number of carbonyl (C=O) groups excluding carboxylic acids is 2. The van der Waals surface area contributed by atoms with Gasteiger partial charge in [-0.1, -0.05) is 13.0 Å². The second-order valence-electron chi connectivity index (χ2n) is 4.69. The van der Waals surface area contributed by atoms with E-state index in [0.717, 1.165) is 15.8 Å². The number of nitrogens with one attached hydrogen (secondary N) is 1. The summed E-state index contributed by atoms with van der Waals surface area (Å²) in [7, 11) is 1.60. The van der Waals surface area contributed by atoms with Gasteiger partial charge in [0.05, 0.1) is 18.1 Å². The van der Waals surface area contributed by atoms with E-state index in [1.165, 1.54) is 0 Å². The third kappa shape index (κ3) is 3.12. The summed E-state index contributed by atoms with van der Waals surface area (Å²) in [6.07, 6.45) is 0.605. The highest BCUT2D eigenvalue weighted by molar-refractivity contribution is 9.10. The molecule has 0 aromatic heterocycles. The van der Waals surface area contributed by atoms with Crippen molar-refractivity contribution in [3.63, 3.8) is 0 Å². The van der Waals surface area contributed by atoms with Crippen LogP contribution in [-0.2, 0) is 16.1 Å². The number of rotatable bonds is 4. The van der Waals surface area contributed by atoms with E-state index in [1.807, 2.05) is 25.1 Å². The maximum Gasteiger partial charge on any atom is 0.245 e. The van der Waals surface area contributed by atoms with E-state index in [2.05, 4.69) is 21.2 Å². The fourth-order valence-corrected chi connectivity index (χ4v) is 2.80. The molecule has 2 rings (SSSR count). The van der Waals surface area contributed by atoms with E-state index < -0.39 is 6.04 Å². The molecule has 0 radical (unpaired) electrons. The lowest BCUT2D eigenvalue weighted by atomic mass is 10.1. The van der Waals surface area contributed by atoms with Crippen LogP contribution < -0.4 is 10.1 Å². The lowest BCUT2D eigenvalue weighted by molar-refractivity contribution is -0.144. The third-order valence-corrected chi connectivity index (χ3v) is 3.90. The molecule has 1 N–H and O–H groups in total. The highest BCUT2D eigenvalue weighted by Gasteiger charge is 2.31. The van der Waals surface area contributed by atoms with Crippen molar-refractivity contribution < 1.29 is 14.3 Å². The third-order valence-electron chi connectivity index (χ3n) is 3.28. The summed E-state index contributed by atoms with van der Waals surface area (Å²) in [6, 6.07) is 5.23. The number of nitrogens with zero attached hydrogens (tertiary/aromatic N) is 1. The van der Waals surface area contributed by atoms with Crippen molar-refractivity contribution in [3.05, 3.63) is 28.2 Å². The zero-order valence-corrected chi connectivity index (χ0v) is 13.1. The van der Waals surface area contributed by atoms with Crippen LogP contribution in [0.2, 0.25) is 0 Å². The number of benzene rings is 1. The molecule has 20 heavy (non-hydrogen) atoms. The van der Waals surface area contributed by atoms with Gasteiger partial charge < -0.3 is 15.0 Å². The Bertz CT molecular complexity index is 533. The molecular formula is C14H17BrN2O3. The molecule has 5 nitrogen and oxygen atoms in total. The number of ether oxygens (including phenoxy) is 1. The number of piperazine rings is 1. The fraction of sp³-hybridized carbons (Fsp3) is 0.429. The minimum absolute atomic E-state index is 0.0287. The van der Waals surface area contributed by atoms with Crippen LogP contribution in [0.4, 0.5) is 0 Å². The lowest BCUT2D eigenvalue weighted by Crippen LogP contribution is -2.57. The first-order valence-corrected chi connectivity index (χ1v) is 7.25. The summed E-state index contributed by atoms with van der Waals surface area (Å²) < 4.78 is 6.00. The molecule has 0 spiro atoms. The summed E-state index contributed by atoms with van der Waals surface area (Å²) in [5.41, 5.74) is 0.954. The lowest BCUT2D eigenvalue weighted by Gasteiger charge is -2.32. The number of halogens is 1. The van der Waals surface area contributed by atoms with Crippen molar-refractivity contribution in [2.75, 3.05) is 13.7 Å². The first kappa shape index (κ1) is 14.8. The zero-order valence-electron chi connectivity index (χ0n) is 11.5. The van der Waals surface area contributed by atoms with E-state index >= 15 is 0 Å². The van der Waals surface area contributed by atoms with Gasteiger partial charge in [-0.2, -0.15) is 0 Å². The van der Waals surface area contributed by atoms with E-state index in [9.17, 15) is 9.59 Å². The molecule has 6 heteroatoms. The number of methoxy groups -OCH3 is 1. The molecule has 1 aromatic rings. The number of amides is 2. The van der Waals surface area contributed by atoms with Gasteiger partial charge in [0, 0.05) is 6.54 Å². The molecule has 1 saturated heterocycles. The number of carbonyl (C=O) groups is 2. The molecule has 1 fully saturated rings. The Morgan fingerprint density at radius 1 is 1.45 bits per heavy atom. The van der Waals surface area contributed by atoms with Crippen LogP contribution in [0.25, 0.3) is 0 Å². The highest BCUT2D eigenvalue weighted by atomic mass is 79.9. The second kappa shape index (κ2) is 6.26. The number of hydrogen-bond acceptors (Lipinski definition) is 3. The Balaban J connectivity index is 2.14. The largest absolute Gasteiger partial charge is 0.496 e. The molecule has 2 amide bonds. The van der Waals surface area contributed by atoms with Crippen LogP contribution in [0, 0.1) is 0 Å². The molecule has 0 bridgehead atoms. The Morgan fingerprint density at radius 3 is 2.80 bits per heavy atom. The van der Waals surface area contributed by atoms with Gasteiger partial charge in [0.15, 0.2) is 0 Å². The SMILES string of the molecule is CCC1NC(=O)CN(Cc2ccc(OC)c(Br)c2)C1=O. The average Bonchev–Trinajstić information content (AvgIpc) is 2.42. The maximum atomic E-state index is 12.2. The van der Waals surface area contributed by atoms with Crippen molar-refractivity contribution in [1.82, 2.24) is 10.2 Å². The predicted octanol–water partition coefficient (Wildman–Crippen LogP) is 1.69. The van der Waals surface area contributed by atoms with E-state index in [-0.39, 0.29) is 18.4 Å². The quantitative estimate of drug-likeness (QED) is 0.907. The van der Waals surface area contributed by atoms with Gasteiger partial charge in [-0.3, -0.25) is 9.59 Å². The summed E-state index contributed by atoms with van der Waals surface area (Å²) in [4.78, 5) is 25.4. The monoisotopic (exact) mass is 340 g/mol. The average molecular weight is 341 g/mol. The normalized spacial score (nSPS) is 18.9. The first-order valence-electron chi connectivity index (χ1n) is 6.45. The second-order valence-corrected chi connectivity index (χ2v) is 5.55. The summed E-state index contributed by atoms with van der Waals surface area (Å²) in [5, 5.41) is 2.70. The van der Waals surface area contributed by atoms with Gasteiger partial charge in [0.1, 0.15) is 11.8 Å². The Labute approximate surface area is 126 Å². The van der Waals surface area contributed by atoms with Gasteiger partial charge in [0.25, 0.3) is 0 Å². The maximum absolute atomic E-state index is 12.2. The Hall–Kier alpha value is -1.56. The Kier molecular flexibility index (Phi) is 4.65. The highest BCUT2D eigenvalue weighted by Crippen LogP contribution is 2.26. The smallest absolute Gasteiger partial charge is 0.245 e. The fourth-order valence-electron chi connectivity index (χ4n) is 2.21. The molecule has 1 unspecified atom stereocenters. The molecular weight excluding hydrogens is 324 g/mol. The van der Waals surface area contributed by atoms with Gasteiger partial charge in [-0.15, -0.1) is 0 Å². The summed E-state index contributed by atoms with van der Waals surface area (Å²) in [5.74, 6) is 0.603. The number of hydrogen-bond donors (Lipinski definition) is 1. The minimum Gasteiger partial charge on any atom is -0.496 e. The van der Waals surface area contributed by atoms with Crippen molar-refractivity contribution in [1.29, 1.82) is 0 Å². The van der Waals surface area contributed by atoms with E-state index in [4.69, 9.17) is 4.74 Å². The van der Waals surface area contributed by atoms with Gasteiger partial charge >= 0.3 is 0 Å². The topological polar surface area (TPSA) is 58.6 Å². The molecule has 0 aliphatic carbocycles. The summed E-state index contributed by atoms with van der Waals surface area (Å²) >= 11 is 3.42. The molecule has 1 atom stereocenters. The van der Waals surface area contributed by atoms with Gasteiger partial charge in [-0.25, -0.2) is 0 Å². The van der Waals surface area contributed by atoms with Crippen molar-refractivity contribution >= 4 is 27.7 Å². The zero-order chi connectivity index (χ0) is 14.7. The molecule has 1 heterocycles. The summed E-state index contributed by atoms with van der Waals surface area (Å²) in [6.45, 7) is 2.42. The van der Waals surface area contributed by atoms with Crippen LogP contribution in [0.15, 0.2) is 22.7 Å². The van der Waals surface area contributed by atoms with Gasteiger partial charge in [-0.05, 0) is 40.0 Å². The van der Waals surface area contributed by atoms with E-state index in [0.29, 0.717) is 13.0 Å². The van der Waals surface area contributed by atoms with Crippen LogP contribution >= 0.6 is 15.9 Å². The van der Waals surface area contributed by atoms with Crippen molar-refractivity contribution in [3.8, 4) is 5.75 Å². The molecule has 1 aliphatic heterocycles. The first-order chi connectivity index (χ1) is 9.55. The van der Waals surface area contributed by atoms with Crippen LogP contribution in [0.3, 0.4) is 0 Å². The van der Waals surface area contributed by atoms with Crippen LogP contribution in [0.5, 0.6) is 5.75 Å². The van der Waals surface area contributed by atoms with Crippen LogP contribution in [0.1, 0.15) is 18.9 Å². The van der Waals surface area contributed by atoms with E-state index in [1.54, 1.807) is 12.0 Å². The van der Waals surface area contributed by atoms with Gasteiger partial charge in [0.2, 0.25) is 11.8 Å². The van der Waals surface area contributed by atoms with Crippen molar-refractivity contribution in [2.24, 2.45) is 0 Å². The Morgan fingerprint density at radius 2 is 2.20 bits per heavy atom. The molecule has 1 aromatic carbocycles. The predicted molar refractivity (Wildman–Crippen MR) is 78.3 cm³/mol. The molecule has 0 saturated carbocycles. The standard InChI is InChI=1S/C14H17BrN2O3/c1-3-11-14(19)17(8-13(18)16-11)7-9-4-5-12(20-2)10(15)6-9/h4-6,11H,3,7-8H2,1-2H3,(H,16,18). The molecule has 1 aliphatic rings. The molecule has 108 valence electrons.